The summed E-state index contributed by atoms with van der Waals surface area (Å²) in [6.45, 7) is 0. The molecule has 1 aromatic carbocycles. The highest BCUT2D eigenvalue weighted by atomic mass is 79.9. The fourth-order valence-corrected chi connectivity index (χ4v) is 4.04. The number of hydrogen-bond acceptors (Lipinski definition) is 3. The molecule has 2 N–H and O–H groups in total. The number of benzene rings is 1. The van der Waals surface area contributed by atoms with Crippen LogP contribution in [0.5, 0.6) is 0 Å². The summed E-state index contributed by atoms with van der Waals surface area (Å²) in [5.74, 6) is -0.0521. The summed E-state index contributed by atoms with van der Waals surface area (Å²) in [5.41, 5.74) is 0.737. The van der Waals surface area contributed by atoms with Crippen LogP contribution in [0.2, 0.25) is 0 Å². The maximum atomic E-state index is 12.1. The molecule has 0 radical (unpaired) electrons. The lowest BCUT2D eigenvalue weighted by atomic mass is 9.93. The molecule has 0 saturated heterocycles. The van der Waals surface area contributed by atoms with Gasteiger partial charge in [-0.15, -0.1) is 0 Å². The van der Waals surface area contributed by atoms with Crippen LogP contribution in [0.3, 0.4) is 0 Å². The Bertz CT molecular complexity index is 515. The first-order chi connectivity index (χ1) is 8.96. The van der Waals surface area contributed by atoms with Crippen LogP contribution >= 0.6 is 15.9 Å². The third-order valence-corrected chi connectivity index (χ3v) is 5.23. The minimum Gasteiger partial charge on any atom is -0.391 e. The number of aliphatic hydroxyl groups is 1. The van der Waals surface area contributed by atoms with Crippen LogP contribution in [0.25, 0.3) is 0 Å². The van der Waals surface area contributed by atoms with Crippen molar-refractivity contribution in [1.82, 2.24) is 4.72 Å². The Labute approximate surface area is 122 Å². The lowest BCUT2D eigenvalue weighted by Crippen LogP contribution is -2.45. The van der Waals surface area contributed by atoms with Crippen LogP contribution in [0.15, 0.2) is 28.7 Å². The average Bonchev–Trinajstić information content (AvgIpc) is 2.35. The zero-order chi connectivity index (χ0) is 13.9. The molecule has 0 bridgehead atoms. The molecule has 1 saturated carbocycles. The first kappa shape index (κ1) is 15.0. The normalized spacial score (nSPS) is 24.3. The summed E-state index contributed by atoms with van der Waals surface area (Å²) >= 11 is 3.31. The molecule has 0 spiro atoms. The van der Waals surface area contributed by atoms with Gasteiger partial charge in [0.15, 0.2) is 0 Å². The van der Waals surface area contributed by atoms with Gasteiger partial charge < -0.3 is 5.11 Å². The fraction of sp³-hybridized carbons (Fsp3) is 0.538. The third kappa shape index (κ3) is 4.56. The summed E-state index contributed by atoms with van der Waals surface area (Å²) < 4.78 is 27.7. The van der Waals surface area contributed by atoms with Gasteiger partial charge in [0, 0.05) is 10.5 Å². The predicted octanol–water partition coefficient (Wildman–Crippen LogP) is 2.17. The van der Waals surface area contributed by atoms with Gasteiger partial charge in [0.05, 0.1) is 11.9 Å². The van der Waals surface area contributed by atoms with E-state index in [2.05, 4.69) is 20.7 Å². The Hall–Kier alpha value is -0.430. The smallest absolute Gasteiger partial charge is 0.216 e. The second kappa shape index (κ2) is 6.35. The SMILES string of the molecule is O=S(=O)(Cc1ccc(Br)cc1)N[C@H]1CCCC[C@H]1O. The Balaban J connectivity index is 2.00. The van der Waals surface area contributed by atoms with E-state index >= 15 is 0 Å². The molecule has 1 aliphatic rings. The van der Waals surface area contributed by atoms with Gasteiger partial charge in [0.25, 0.3) is 0 Å². The van der Waals surface area contributed by atoms with Gasteiger partial charge in [-0.25, -0.2) is 13.1 Å². The number of rotatable bonds is 4. The standard InChI is InChI=1S/C13H18BrNO3S/c14-11-7-5-10(6-8-11)9-19(17,18)15-12-3-1-2-4-13(12)16/h5-8,12-13,15-16H,1-4,9H2/t12-,13+/m0/s1. The lowest BCUT2D eigenvalue weighted by Gasteiger charge is -2.28. The van der Waals surface area contributed by atoms with Crippen molar-refractivity contribution in [1.29, 1.82) is 0 Å². The van der Waals surface area contributed by atoms with Crippen molar-refractivity contribution in [2.45, 2.75) is 43.6 Å². The van der Waals surface area contributed by atoms with E-state index in [1.165, 1.54) is 0 Å². The molecule has 0 unspecified atom stereocenters. The van der Waals surface area contributed by atoms with Gasteiger partial charge in [-0.1, -0.05) is 40.9 Å². The Kier molecular flexibility index (Phi) is 5.00. The van der Waals surface area contributed by atoms with Gasteiger partial charge >= 0.3 is 0 Å². The van der Waals surface area contributed by atoms with Crippen LogP contribution in [-0.4, -0.2) is 25.7 Å². The van der Waals surface area contributed by atoms with E-state index in [-0.39, 0.29) is 11.8 Å². The van der Waals surface area contributed by atoms with Crippen molar-refractivity contribution in [3.63, 3.8) is 0 Å². The van der Waals surface area contributed by atoms with Crippen LogP contribution < -0.4 is 4.72 Å². The first-order valence-corrected chi connectivity index (χ1v) is 8.83. The molecular formula is C13H18BrNO3S. The van der Waals surface area contributed by atoms with E-state index in [0.29, 0.717) is 12.8 Å². The topological polar surface area (TPSA) is 66.4 Å². The van der Waals surface area contributed by atoms with Gasteiger partial charge in [-0.2, -0.15) is 0 Å². The number of halogens is 1. The number of nitrogens with one attached hydrogen (secondary N) is 1. The minimum absolute atomic E-state index is 0.0521. The molecule has 2 rings (SSSR count). The van der Waals surface area contributed by atoms with E-state index in [1.807, 2.05) is 12.1 Å². The first-order valence-electron chi connectivity index (χ1n) is 6.39. The Morgan fingerprint density at radius 3 is 2.47 bits per heavy atom. The van der Waals surface area contributed by atoms with Crippen LogP contribution in [-0.2, 0) is 15.8 Å². The second-order valence-corrected chi connectivity index (χ2v) is 7.63. The molecule has 0 aromatic heterocycles. The average molecular weight is 348 g/mol. The molecule has 19 heavy (non-hydrogen) atoms. The van der Waals surface area contributed by atoms with Crippen LogP contribution in [0.4, 0.5) is 0 Å². The molecule has 1 fully saturated rings. The fourth-order valence-electron chi connectivity index (χ4n) is 2.32. The molecule has 6 heteroatoms. The van der Waals surface area contributed by atoms with E-state index in [9.17, 15) is 13.5 Å². The summed E-state index contributed by atoms with van der Waals surface area (Å²) in [6.07, 6.45) is 2.74. The van der Waals surface area contributed by atoms with E-state index in [4.69, 9.17) is 0 Å². The van der Waals surface area contributed by atoms with Crippen LogP contribution in [0.1, 0.15) is 31.2 Å². The van der Waals surface area contributed by atoms with Crippen molar-refractivity contribution >= 4 is 26.0 Å². The highest BCUT2D eigenvalue weighted by Crippen LogP contribution is 2.20. The largest absolute Gasteiger partial charge is 0.391 e. The zero-order valence-corrected chi connectivity index (χ0v) is 13.0. The van der Waals surface area contributed by atoms with Gasteiger partial charge in [-0.3, -0.25) is 0 Å². The van der Waals surface area contributed by atoms with Crippen molar-refractivity contribution < 1.29 is 13.5 Å². The molecule has 1 aliphatic carbocycles. The zero-order valence-electron chi connectivity index (χ0n) is 10.5. The van der Waals surface area contributed by atoms with Crippen molar-refractivity contribution in [3.05, 3.63) is 34.3 Å². The molecular weight excluding hydrogens is 330 g/mol. The Morgan fingerprint density at radius 1 is 1.21 bits per heavy atom. The van der Waals surface area contributed by atoms with Crippen molar-refractivity contribution in [3.8, 4) is 0 Å². The highest BCUT2D eigenvalue weighted by molar-refractivity contribution is 9.10. The summed E-state index contributed by atoms with van der Waals surface area (Å²) in [4.78, 5) is 0. The third-order valence-electron chi connectivity index (χ3n) is 3.33. The predicted molar refractivity (Wildman–Crippen MR) is 78.2 cm³/mol. The molecule has 106 valence electrons. The highest BCUT2D eigenvalue weighted by Gasteiger charge is 2.27. The minimum atomic E-state index is -3.41. The molecule has 1 aromatic rings. The van der Waals surface area contributed by atoms with Gasteiger partial charge in [-0.05, 0) is 30.5 Å². The van der Waals surface area contributed by atoms with Crippen LogP contribution in [0, 0.1) is 0 Å². The molecule has 0 heterocycles. The van der Waals surface area contributed by atoms with Crippen molar-refractivity contribution in [2.24, 2.45) is 0 Å². The molecule has 0 aliphatic heterocycles. The van der Waals surface area contributed by atoms with Crippen molar-refractivity contribution in [2.75, 3.05) is 0 Å². The number of aliphatic hydroxyl groups excluding tert-OH is 1. The molecule has 0 amide bonds. The van der Waals surface area contributed by atoms with E-state index < -0.39 is 16.1 Å². The molecule has 2 atom stereocenters. The summed E-state index contributed by atoms with van der Waals surface area (Å²) in [5, 5.41) is 9.80. The maximum Gasteiger partial charge on any atom is 0.216 e. The number of sulfonamides is 1. The quantitative estimate of drug-likeness (QED) is 0.877. The van der Waals surface area contributed by atoms with E-state index in [0.717, 1.165) is 22.9 Å². The van der Waals surface area contributed by atoms with E-state index in [1.54, 1.807) is 12.1 Å². The maximum absolute atomic E-state index is 12.1. The second-order valence-electron chi connectivity index (χ2n) is 4.96. The Morgan fingerprint density at radius 2 is 1.84 bits per heavy atom. The lowest BCUT2D eigenvalue weighted by molar-refractivity contribution is 0.101. The van der Waals surface area contributed by atoms with Gasteiger partial charge in [0.1, 0.15) is 0 Å². The van der Waals surface area contributed by atoms with Gasteiger partial charge in [0.2, 0.25) is 10.0 Å². The summed E-state index contributed by atoms with van der Waals surface area (Å²) in [6, 6.07) is 6.86. The number of hydrogen-bond donors (Lipinski definition) is 2. The summed E-state index contributed by atoms with van der Waals surface area (Å²) in [7, 11) is -3.41. The molecule has 4 nitrogen and oxygen atoms in total. The monoisotopic (exact) mass is 347 g/mol.